The fourth-order valence-electron chi connectivity index (χ4n) is 2.49. The zero-order valence-corrected chi connectivity index (χ0v) is 14.0. The van der Waals surface area contributed by atoms with Crippen molar-refractivity contribution in [1.29, 1.82) is 0 Å². The average Bonchev–Trinajstić information content (AvgIpc) is 2.47. The second kappa shape index (κ2) is 7.24. The van der Waals surface area contributed by atoms with Gasteiger partial charge in [0.2, 0.25) is 5.56 Å². The molecule has 1 amide bonds. The summed E-state index contributed by atoms with van der Waals surface area (Å²) in [5.74, 6) is -0.238. The van der Waals surface area contributed by atoms with Gasteiger partial charge in [0.05, 0.1) is 6.04 Å². The molecule has 1 atom stereocenters. The Morgan fingerprint density at radius 3 is 2.39 bits per heavy atom. The summed E-state index contributed by atoms with van der Waals surface area (Å²) < 4.78 is 0. The van der Waals surface area contributed by atoms with Crippen LogP contribution in [0.25, 0.3) is 0 Å². The predicted octanol–water partition coefficient (Wildman–Crippen LogP) is 2.02. The summed E-state index contributed by atoms with van der Waals surface area (Å²) in [6, 6.07) is 11.3. The van der Waals surface area contributed by atoms with Gasteiger partial charge in [0.25, 0.3) is 5.91 Å². The van der Waals surface area contributed by atoms with Gasteiger partial charge in [0.1, 0.15) is 0 Å². The molecule has 1 aromatic carbocycles. The lowest BCUT2D eigenvalue weighted by Crippen LogP contribution is -2.35. The lowest BCUT2D eigenvalue weighted by molar-refractivity contribution is 0.0941. The molecule has 0 radical (unpaired) electrons. The molecule has 0 spiro atoms. The van der Waals surface area contributed by atoms with Crippen molar-refractivity contribution in [2.45, 2.75) is 19.9 Å². The van der Waals surface area contributed by atoms with Crippen molar-refractivity contribution in [3.8, 4) is 0 Å². The molecule has 1 aromatic heterocycles. The molecule has 0 unspecified atom stereocenters. The summed E-state index contributed by atoms with van der Waals surface area (Å²) in [5.41, 5.74) is 3.13. The standard InChI is InChI=1S/C18H23N3O2/c1-12-5-7-14(8-6-12)16(21(3)4)11-19-18(23)15-9-13(2)20-17(22)10-15/h5-10,16H,11H2,1-4H3,(H,19,23)(H,20,22)/t16-/m1/s1. The lowest BCUT2D eigenvalue weighted by atomic mass is 10.0. The zero-order chi connectivity index (χ0) is 17.0. The van der Waals surface area contributed by atoms with E-state index in [0.29, 0.717) is 17.8 Å². The number of amides is 1. The molecule has 0 fully saturated rings. The molecule has 2 aromatic rings. The van der Waals surface area contributed by atoms with Crippen molar-refractivity contribution in [3.05, 3.63) is 69.1 Å². The van der Waals surface area contributed by atoms with E-state index in [2.05, 4.69) is 39.5 Å². The quantitative estimate of drug-likeness (QED) is 0.887. The number of benzene rings is 1. The summed E-state index contributed by atoms with van der Waals surface area (Å²) in [4.78, 5) is 28.5. The number of hydrogen-bond donors (Lipinski definition) is 2. The van der Waals surface area contributed by atoms with Crippen LogP contribution >= 0.6 is 0 Å². The van der Waals surface area contributed by atoms with Gasteiger partial charge in [0.15, 0.2) is 0 Å². The minimum absolute atomic E-state index is 0.0719. The number of H-pyrrole nitrogens is 1. The van der Waals surface area contributed by atoms with Gasteiger partial charge in [-0.25, -0.2) is 0 Å². The van der Waals surface area contributed by atoms with Crippen LogP contribution in [0.2, 0.25) is 0 Å². The van der Waals surface area contributed by atoms with Crippen molar-refractivity contribution >= 4 is 5.91 Å². The summed E-state index contributed by atoms with van der Waals surface area (Å²) in [6.07, 6.45) is 0. The van der Waals surface area contributed by atoms with Crippen LogP contribution in [0.4, 0.5) is 0 Å². The highest BCUT2D eigenvalue weighted by molar-refractivity contribution is 5.94. The fraction of sp³-hybridized carbons (Fsp3) is 0.333. The van der Waals surface area contributed by atoms with Gasteiger partial charge in [-0.05, 0) is 39.6 Å². The molecule has 23 heavy (non-hydrogen) atoms. The number of hydrogen-bond acceptors (Lipinski definition) is 3. The molecular weight excluding hydrogens is 290 g/mol. The first kappa shape index (κ1) is 17.0. The largest absolute Gasteiger partial charge is 0.350 e. The van der Waals surface area contributed by atoms with Gasteiger partial charge in [-0.2, -0.15) is 0 Å². The van der Waals surface area contributed by atoms with Gasteiger partial charge in [-0.3, -0.25) is 9.59 Å². The lowest BCUT2D eigenvalue weighted by Gasteiger charge is -2.25. The SMILES string of the molecule is Cc1ccc([C@@H](CNC(=O)c2cc(C)[nH]c(=O)c2)N(C)C)cc1. The maximum Gasteiger partial charge on any atom is 0.251 e. The second-order valence-electron chi connectivity index (χ2n) is 6.02. The molecule has 1 heterocycles. The van der Waals surface area contributed by atoms with E-state index in [1.54, 1.807) is 13.0 Å². The Labute approximate surface area is 136 Å². The molecule has 0 saturated heterocycles. The Kier molecular flexibility index (Phi) is 5.34. The van der Waals surface area contributed by atoms with Crippen molar-refractivity contribution < 1.29 is 4.79 Å². The zero-order valence-electron chi connectivity index (χ0n) is 14.0. The molecular formula is C18H23N3O2. The number of aryl methyl sites for hydroxylation is 2. The number of likely N-dealkylation sites (N-methyl/N-ethyl adjacent to an activating group) is 1. The molecule has 5 nitrogen and oxygen atoms in total. The summed E-state index contributed by atoms with van der Waals surface area (Å²) in [6.45, 7) is 4.28. The predicted molar refractivity (Wildman–Crippen MR) is 91.7 cm³/mol. The molecule has 0 bridgehead atoms. The van der Waals surface area contributed by atoms with E-state index in [4.69, 9.17) is 0 Å². The third-order valence-electron chi connectivity index (χ3n) is 3.78. The normalized spacial score (nSPS) is 12.2. The number of rotatable bonds is 5. The molecule has 122 valence electrons. The fourth-order valence-corrected chi connectivity index (χ4v) is 2.49. The Morgan fingerprint density at radius 1 is 1.17 bits per heavy atom. The van der Waals surface area contributed by atoms with Gasteiger partial charge in [-0.15, -0.1) is 0 Å². The maximum atomic E-state index is 12.3. The smallest absolute Gasteiger partial charge is 0.251 e. The Balaban J connectivity index is 2.11. The number of carbonyl (C=O) groups is 1. The Morgan fingerprint density at radius 2 is 1.83 bits per heavy atom. The van der Waals surface area contributed by atoms with E-state index < -0.39 is 0 Å². The van der Waals surface area contributed by atoms with Crippen molar-refractivity contribution in [2.24, 2.45) is 0 Å². The van der Waals surface area contributed by atoms with Crippen molar-refractivity contribution in [1.82, 2.24) is 15.2 Å². The number of aromatic nitrogens is 1. The van der Waals surface area contributed by atoms with E-state index in [1.165, 1.54) is 11.6 Å². The Hall–Kier alpha value is -2.40. The van der Waals surface area contributed by atoms with Crippen molar-refractivity contribution in [3.63, 3.8) is 0 Å². The van der Waals surface area contributed by atoms with Crippen LogP contribution in [0.3, 0.4) is 0 Å². The van der Waals surface area contributed by atoms with E-state index in [9.17, 15) is 9.59 Å². The van der Waals surface area contributed by atoms with E-state index >= 15 is 0 Å². The highest BCUT2D eigenvalue weighted by atomic mass is 16.2. The second-order valence-corrected chi connectivity index (χ2v) is 6.02. The molecule has 5 heteroatoms. The van der Waals surface area contributed by atoms with Crippen LogP contribution in [0.5, 0.6) is 0 Å². The molecule has 0 aliphatic carbocycles. The maximum absolute atomic E-state index is 12.3. The number of carbonyl (C=O) groups excluding carboxylic acids is 1. The average molecular weight is 313 g/mol. The summed E-state index contributed by atoms with van der Waals surface area (Å²) in [5, 5.41) is 2.91. The summed E-state index contributed by atoms with van der Waals surface area (Å²) in [7, 11) is 3.96. The minimum atomic E-state index is -0.266. The first-order valence-electron chi connectivity index (χ1n) is 7.59. The minimum Gasteiger partial charge on any atom is -0.350 e. The first-order chi connectivity index (χ1) is 10.9. The van der Waals surface area contributed by atoms with Crippen LogP contribution in [-0.2, 0) is 0 Å². The third kappa shape index (κ3) is 4.53. The number of nitrogens with zero attached hydrogens (tertiary/aromatic N) is 1. The summed E-state index contributed by atoms with van der Waals surface area (Å²) >= 11 is 0. The molecule has 0 aliphatic heterocycles. The van der Waals surface area contributed by atoms with Gasteiger partial charge in [-0.1, -0.05) is 29.8 Å². The Bertz CT molecular complexity index is 733. The van der Waals surface area contributed by atoms with E-state index in [-0.39, 0.29) is 17.5 Å². The first-order valence-corrected chi connectivity index (χ1v) is 7.59. The highest BCUT2D eigenvalue weighted by Crippen LogP contribution is 2.18. The highest BCUT2D eigenvalue weighted by Gasteiger charge is 2.16. The van der Waals surface area contributed by atoms with Crippen LogP contribution in [0.15, 0.2) is 41.2 Å². The number of nitrogens with one attached hydrogen (secondary N) is 2. The topological polar surface area (TPSA) is 65.2 Å². The van der Waals surface area contributed by atoms with Gasteiger partial charge in [0, 0.05) is 23.9 Å². The van der Waals surface area contributed by atoms with E-state index in [1.807, 2.05) is 21.0 Å². The number of pyridine rings is 1. The third-order valence-corrected chi connectivity index (χ3v) is 3.78. The molecule has 0 aliphatic rings. The van der Waals surface area contributed by atoms with Gasteiger partial charge >= 0.3 is 0 Å². The molecule has 2 rings (SSSR count). The monoisotopic (exact) mass is 313 g/mol. The van der Waals surface area contributed by atoms with E-state index in [0.717, 1.165) is 5.56 Å². The molecule has 0 saturated carbocycles. The van der Waals surface area contributed by atoms with Crippen LogP contribution in [-0.4, -0.2) is 36.4 Å². The van der Waals surface area contributed by atoms with Crippen molar-refractivity contribution in [2.75, 3.05) is 20.6 Å². The van der Waals surface area contributed by atoms with Gasteiger partial charge < -0.3 is 15.2 Å². The van der Waals surface area contributed by atoms with Crippen LogP contribution < -0.4 is 10.9 Å². The number of aromatic amines is 1. The van der Waals surface area contributed by atoms with Crippen LogP contribution in [0.1, 0.15) is 33.2 Å². The van der Waals surface area contributed by atoms with Crippen LogP contribution in [0, 0.1) is 13.8 Å². The molecule has 2 N–H and O–H groups in total.